The molecule has 0 aliphatic rings. The monoisotopic (exact) mass is 220 g/mol. The first-order valence-electron chi connectivity index (χ1n) is 4.72. The Balaban J connectivity index is 2.21. The van der Waals surface area contributed by atoms with Crippen LogP contribution in [-0.2, 0) is 6.54 Å². The number of hydrogen-bond donors (Lipinski definition) is 0. The topological polar surface area (TPSA) is 34.9 Å². The molecule has 0 unspecified atom stereocenters. The highest BCUT2D eigenvalue weighted by molar-refractivity contribution is 7.11. The summed E-state index contributed by atoms with van der Waals surface area (Å²) in [5.74, 6) is 0. The van der Waals surface area contributed by atoms with Crippen LogP contribution in [0.1, 0.15) is 26.6 Å². The Kier molecular flexibility index (Phi) is 2.68. The van der Waals surface area contributed by atoms with E-state index in [9.17, 15) is 4.79 Å². The SMILES string of the molecule is Cc1cc(C)n(Cc2csc(C=O)c2)n1. The third kappa shape index (κ3) is 2.15. The first kappa shape index (κ1) is 10.1. The fourth-order valence-corrected chi connectivity index (χ4v) is 2.25. The zero-order valence-electron chi connectivity index (χ0n) is 8.73. The Morgan fingerprint density at radius 3 is 2.80 bits per heavy atom. The maximum atomic E-state index is 10.5. The van der Waals surface area contributed by atoms with Gasteiger partial charge in [0.05, 0.1) is 17.1 Å². The van der Waals surface area contributed by atoms with Gasteiger partial charge in [-0.15, -0.1) is 11.3 Å². The summed E-state index contributed by atoms with van der Waals surface area (Å²) in [5, 5.41) is 6.37. The summed E-state index contributed by atoms with van der Waals surface area (Å²) in [7, 11) is 0. The maximum Gasteiger partial charge on any atom is 0.160 e. The van der Waals surface area contributed by atoms with Crippen LogP contribution in [0, 0.1) is 13.8 Å². The molecule has 0 spiro atoms. The van der Waals surface area contributed by atoms with Crippen molar-refractivity contribution in [3.63, 3.8) is 0 Å². The van der Waals surface area contributed by atoms with Crippen LogP contribution < -0.4 is 0 Å². The minimum absolute atomic E-state index is 0.740. The molecular formula is C11H12N2OS. The van der Waals surface area contributed by atoms with Crippen molar-refractivity contribution in [2.24, 2.45) is 0 Å². The molecular weight excluding hydrogens is 208 g/mol. The van der Waals surface area contributed by atoms with Gasteiger partial charge in [0.15, 0.2) is 6.29 Å². The number of aromatic nitrogens is 2. The summed E-state index contributed by atoms with van der Waals surface area (Å²) in [6, 6.07) is 3.96. The molecule has 0 radical (unpaired) electrons. The smallest absolute Gasteiger partial charge is 0.160 e. The molecule has 3 nitrogen and oxygen atoms in total. The Labute approximate surface area is 92.4 Å². The Hall–Kier alpha value is -1.42. The number of carbonyl (C=O) groups excluding carboxylic acids is 1. The van der Waals surface area contributed by atoms with Crippen LogP contribution in [-0.4, -0.2) is 16.1 Å². The summed E-state index contributed by atoms with van der Waals surface area (Å²) in [5.41, 5.74) is 3.30. The highest BCUT2D eigenvalue weighted by atomic mass is 32.1. The molecule has 2 aromatic rings. The highest BCUT2D eigenvalue weighted by Crippen LogP contribution is 2.14. The lowest BCUT2D eigenvalue weighted by Crippen LogP contribution is -2.02. The van der Waals surface area contributed by atoms with E-state index in [0.717, 1.165) is 34.7 Å². The van der Waals surface area contributed by atoms with Gasteiger partial charge in [-0.25, -0.2) is 0 Å². The second kappa shape index (κ2) is 3.98. The molecule has 78 valence electrons. The fraction of sp³-hybridized carbons (Fsp3) is 0.273. The van der Waals surface area contributed by atoms with Gasteiger partial charge in [-0.1, -0.05) is 0 Å². The molecule has 0 N–H and O–H groups in total. The normalized spacial score (nSPS) is 10.5. The molecule has 0 atom stereocenters. The lowest BCUT2D eigenvalue weighted by atomic mass is 10.3. The van der Waals surface area contributed by atoms with E-state index in [1.165, 1.54) is 11.3 Å². The van der Waals surface area contributed by atoms with Crippen molar-refractivity contribution in [1.82, 2.24) is 9.78 Å². The molecule has 0 bridgehead atoms. The zero-order valence-corrected chi connectivity index (χ0v) is 9.54. The molecule has 2 heterocycles. The standard InChI is InChI=1S/C11H12N2OS/c1-8-3-9(2)13(12-8)5-10-4-11(6-14)15-7-10/h3-4,6-7H,5H2,1-2H3. The molecule has 0 amide bonds. The molecule has 2 aromatic heterocycles. The van der Waals surface area contributed by atoms with Crippen LogP contribution >= 0.6 is 11.3 Å². The second-order valence-corrected chi connectivity index (χ2v) is 4.50. The van der Waals surface area contributed by atoms with Gasteiger partial charge in [-0.05, 0) is 36.9 Å². The molecule has 2 rings (SSSR count). The molecule has 0 fully saturated rings. The average Bonchev–Trinajstić information content (AvgIpc) is 2.75. The van der Waals surface area contributed by atoms with E-state index < -0.39 is 0 Å². The predicted octanol–water partition coefficient (Wildman–Crippen LogP) is 2.42. The van der Waals surface area contributed by atoms with E-state index >= 15 is 0 Å². The van der Waals surface area contributed by atoms with E-state index in [1.807, 2.05) is 36.0 Å². The molecule has 0 aliphatic carbocycles. The number of aldehydes is 1. The lowest BCUT2D eigenvalue weighted by molar-refractivity contribution is 0.112. The minimum Gasteiger partial charge on any atom is -0.297 e. The average molecular weight is 220 g/mol. The minimum atomic E-state index is 0.740. The van der Waals surface area contributed by atoms with E-state index in [4.69, 9.17) is 0 Å². The van der Waals surface area contributed by atoms with Crippen LogP contribution in [0.2, 0.25) is 0 Å². The summed E-state index contributed by atoms with van der Waals surface area (Å²) >= 11 is 1.47. The van der Waals surface area contributed by atoms with Crippen molar-refractivity contribution >= 4 is 17.6 Å². The van der Waals surface area contributed by atoms with Gasteiger partial charge in [-0.3, -0.25) is 9.48 Å². The first-order chi connectivity index (χ1) is 7.19. The van der Waals surface area contributed by atoms with E-state index in [1.54, 1.807) is 0 Å². The number of thiophene rings is 1. The molecule has 0 aliphatic heterocycles. The van der Waals surface area contributed by atoms with Crippen molar-refractivity contribution < 1.29 is 4.79 Å². The third-order valence-electron chi connectivity index (χ3n) is 2.23. The lowest BCUT2D eigenvalue weighted by Gasteiger charge is -2.01. The van der Waals surface area contributed by atoms with E-state index in [2.05, 4.69) is 5.10 Å². The Bertz CT molecular complexity index is 484. The maximum absolute atomic E-state index is 10.5. The highest BCUT2D eigenvalue weighted by Gasteiger charge is 2.03. The number of nitrogens with zero attached hydrogens (tertiary/aromatic N) is 2. The van der Waals surface area contributed by atoms with Gasteiger partial charge in [0, 0.05) is 5.69 Å². The van der Waals surface area contributed by atoms with Gasteiger partial charge in [0.1, 0.15) is 0 Å². The fourth-order valence-electron chi connectivity index (χ4n) is 1.55. The van der Waals surface area contributed by atoms with Crippen molar-refractivity contribution in [2.45, 2.75) is 20.4 Å². The van der Waals surface area contributed by atoms with Crippen LogP contribution in [0.3, 0.4) is 0 Å². The van der Waals surface area contributed by atoms with Crippen LogP contribution in [0.4, 0.5) is 0 Å². The molecule has 0 saturated heterocycles. The number of hydrogen-bond acceptors (Lipinski definition) is 3. The third-order valence-corrected chi connectivity index (χ3v) is 3.13. The van der Waals surface area contributed by atoms with Gasteiger partial charge in [0.2, 0.25) is 0 Å². The van der Waals surface area contributed by atoms with Crippen LogP contribution in [0.5, 0.6) is 0 Å². The summed E-state index contributed by atoms with van der Waals surface area (Å²) in [6.07, 6.45) is 0.884. The van der Waals surface area contributed by atoms with Crippen molar-refractivity contribution in [3.8, 4) is 0 Å². The van der Waals surface area contributed by atoms with Gasteiger partial charge >= 0.3 is 0 Å². The molecule has 0 aromatic carbocycles. The molecule has 15 heavy (non-hydrogen) atoms. The Morgan fingerprint density at radius 2 is 2.27 bits per heavy atom. The van der Waals surface area contributed by atoms with Crippen molar-refractivity contribution in [3.05, 3.63) is 39.3 Å². The van der Waals surface area contributed by atoms with E-state index in [-0.39, 0.29) is 0 Å². The van der Waals surface area contributed by atoms with Crippen LogP contribution in [0.15, 0.2) is 17.5 Å². The van der Waals surface area contributed by atoms with Crippen LogP contribution in [0.25, 0.3) is 0 Å². The van der Waals surface area contributed by atoms with E-state index in [0.29, 0.717) is 0 Å². The van der Waals surface area contributed by atoms with Crippen molar-refractivity contribution in [1.29, 1.82) is 0 Å². The van der Waals surface area contributed by atoms with Crippen molar-refractivity contribution in [2.75, 3.05) is 0 Å². The summed E-state index contributed by atoms with van der Waals surface area (Å²) in [6.45, 7) is 4.75. The zero-order chi connectivity index (χ0) is 10.8. The Morgan fingerprint density at radius 1 is 1.47 bits per heavy atom. The van der Waals surface area contributed by atoms with Gasteiger partial charge < -0.3 is 0 Å². The summed E-state index contributed by atoms with van der Waals surface area (Å²) < 4.78 is 1.95. The first-order valence-corrected chi connectivity index (χ1v) is 5.60. The largest absolute Gasteiger partial charge is 0.297 e. The predicted molar refractivity (Wildman–Crippen MR) is 60.5 cm³/mol. The summed E-state index contributed by atoms with van der Waals surface area (Å²) in [4.78, 5) is 11.3. The number of rotatable bonds is 3. The van der Waals surface area contributed by atoms with Gasteiger partial charge in [-0.2, -0.15) is 5.10 Å². The number of aryl methyl sites for hydroxylation is 2. The number of carbonyl (C=O) groups is 1. The second-order valence-electron chi connectivity index (χ2n) is 3.56. The molecule has 0 saturated carbocycles. The van der Waals surface area contributed by atoms with Gasteiger partial charge in [0.25, 0.3) is 0 Å². The quantitative estimate of drug-likeness (QED) is 0.744. The molecule has 4 heteroatoms.